The minimum atomic E-state index is -0.841. The molecule has 0 unspecified atom stereocenters. The van der Waals surface area contributed by atoms with Crippen molar-refractivity contribution in [1.82, 2.24) is 9.80 Å². The van der Waals surface area contributed by atoms with Gasteiger partial charge in [0.25, 0.3) is 0 Å². The summed E-state index contributed by atoms with van der Waals surface area (Å²) in [5, 5.41) is 9.16. The van der Waals surface area contributed by atoms with Crippen LogP contribution >= 0.6 is 0 Å². The van der Waals surface area contributed by atoms with E-state index in [-0.39, 0.29) is 24.5 Å². The van der Waals surface area contributed by atoms with Gasteiger partial charge >= 0.3 is 12.1 Å². The fourth-order valence-corrected chi connectivity index (χ4v) is 3.31. The summed E-state index contributed by atoms with van der Waals surface area (Å²) < 4.78 is 5.38. The van der Waals surface area contributed by atoms with Crippen molar-refractivity contribution in [3.63, 3.8) is 0 Å². The number of aliphatic carboxylic acids is 1. The maximum Gasteiger partial charge on any atom is 0.410 e. The minimum absolute atomic E-state index is 0.0331. The largest absolute Gasteiger partial charge is 0.481 e. The van der Waals surface area contributed by atoms with Crippen molar-refractivity contribution < 1.29 is 24.2 Å². The molecule has 0 saturated carbocycles. The van der Waals surface area contributed by atoms with E-state index in [2.05, 4.69) is 0 Å². The highest BCUT2D eigenvalue weighted by atomic mass is 16.6. The fraction of sp³-hybridized carbons (Fsp3) is 0.824. The van der Waals surface area contributed by atoms with Gasteiger partial charge in [0.05, 0.1) is 11.8 Å². The summed E-state index contributed by atoms with van der Waals surface area (Å²) in [5.41, 5.74) is -0.560. The van der Waals surface area contributed by atoms with Crippen molar-refractivity contribution in [3.05, 3.63) is 0 Å². The summed E-state index contributed by atoms with van der Waals surface area (Å²) in [5.74, 6) is -1.62. The van der Waals surface area contributed by atoms with Crippen LogP contribution in [0.1, 0.15) is 46.5 Å². The van der Waals surface area contributed by atoms with E-state index < -0.39 is 17.5 Å². The van der Waals surface area contributed by atoms with E-state index in [9.17, 15) is 14.4 Å². The Morgan fingerprint density at radius 1 is 0.958 bits per heavy atom. The summed E-state index contributed by atoms with van der Waals surface area (Å²) in [6.45, 7) is 7.27. The van der Waals surface area contributed by atoms with Crippen molar-refractivity contribution in [2.45, 2.75) is 52.1 Å². The predicted molar refractivity (Wildman–Crippen MR) is 87.5 cm³/mol. The van der Waals surface area contributed by atoms with Gasteiger partial charge in [-0.1, -0.05) is 0 Å². The van der Waals surface area contributed by atoms with Gasteiger partial charge in [0.2, 0.25) is 5.91 Å². The van der Waals surface area contributed by atoms with E-state index in [0.29, 0.717) is 32.5 Å². The molecule has 7 heteroatoms. The first-order chi connectivity index (χ1) is 11.2. The van der Waals surface area contributed by atoms with E-state index >= 15 is 0 Å². The van der Waals surface area contributed by atoms with E-state index in [1.807, 2.05) is 20.8 Å². The number of likely N-dealkylation sites (tertiary alicyclic amines) is 2. The van der Waals surface area contributed by atoms with E-state index in [0.717, 1.165) is 12.8 Å². The molecule has 0 spiro atoms. The zero-order valence-electron chi connectivity index (χ0n) is 14.8. The number of carboxylic acids is 1. The van der Waals surface area contributed by atoms with Crippen LogP contribution < -0.4 is 0 Å². The molecule has 2 rings (SSSR count). The van der Waals surface area contributed by atoms with Gasteiger partial charge in [0.15, 0.2) is 0 Å². The Labute approximate surface area is 142 Å². The standard InChI is InChI=1S/C17H28N2O5/c1-17(2,3)24-16(23)19-9-4-6-12(10-19)14(20)18-8-5-7-13(11-18)15(21)22/h12-13H,4-11H2,1-3H3,(H,21,22)/t12-,13-/m0/s1. The van der Waals surface area contributed by atoms with E-state index in [4.69, 9.17) is 9.84 Å². The number of rotatable bonds is 2. The molecule has 0 aromatic heterocycles. The van der Waals surface area contributed by atoms with Gasteiger partial charge in [-0.2, -0.15) is 0 Å². The third-order valence-electron chi connectivity index (χ3n) is 4.50. The van der Waals surface area contributed by atoms with Crippen LogP contribution in [-0.2, 0) is 14.3 Å². The van der Waals surface area contributed by atoms with Crippen LogP contribution in [0.25, 0.3) is 0 Å². The molecule has 2 heterocycles. The van der Waals surface area contributed by atoms with Gasteiger partial charge in [-0.15, -0.1) is 0 Å². The summed E-state index contributed by atoms with van der Waals surface area (Å²) >= 11 is 0. The Kier molecular flexibility index (Phi) is 5.72. The number of carbonyl (C=O) groups is 3. The van der Waals surface area contributed by atoms with Crippen LogP contribution in [0.3, 0.4) is 0 Å². The molecule has 7 nitrogen and oxygen atoms in total. The average Bonchev–Trinajstić information content (AvgIpc) is 2.53. The molecule has 0 aromatic carbocycles. The lowest BCUT2D eigenvalue weighted by Gasteiger charge is -2.37. The lowest BCUT2D eigenvalue weighted by molar-refractivity contribution is -0.147. The SMILES string of the molecule is CC(C)(C)OC(=O)N1CCC[C@H](C(=O)N2CCC[C@H](C(=O)O)C2)C1. The van der Waals surface area contributed by atoms with Gasteiger partial charge in [-0.25, -0.2) is 4.79 Å². The molecule has 0 aliphatic carbocycles. The number of hydrogen-bond acceptors (Lipinski definition) is 4. The fourth-order valence-electron chi connectivity index (χ4n) is 3.31. The van der Waals surface area contributed by atoms with Crippen molar-refractivity contribution in [2.75, 3.05) is 26.2 Å². The lowest BCUT2D eigenvalue weighted by Crippen LogP contribution is -2.50. The molecule has 136 valence electrons. The molecule has 2 saturated heterocycles. The third kappa shape index (κ3) is 4.85. The molecular formula is C17H28N2O5. The molecule has 2 aliphatic rings. The summed E-state index contributed by atoms with van der Waals surface area (Å²) in [7, 11) is 0. The number of amides is 2. The Morgan fingerprint density at radius 3 is 2.08 bits per heavy atom. The molecule has 2 aliphatic heterocycles. The smallest absolute Gasteiger partial charge is 0.410 e. The third-order valence-corrected chi connectivity index (χ3v) is 4.50. The molecule has 0 radical (unpaired) electrons. The quantitative estimate of drug-likeness (QED) is 0.830. The number of hydrogen-bond donors (Lipinski definition) is 1. The predicted octanol–water partition coefficient (Wildman–Crippen LogP) is 1.96. The molecule has 1 N–H and O–H groups in total. The van der Waals surface area contributed by atoms with Crippen LogP contribution in [0, 0.1) is 11.8 Å². The lowest BCUT2D eigenvalue weighted by atomic mass is 9.93. The van der Waals surface area contributed by atoms with Crippen molar-refractivity contribution in [1.29, 1.82) is 0 Å². The molecule has 0 aromatic rings. The highest BCUT2D eigenvalue weighted by molar-refractivity contribution is 5.81. The highest BCUT2D eigenvalue weighted by Gasteiger charge is 2.35. The van der Waals surface area contributed by atoms with Gasteiger partial charge in [-0.3, -0.25) is 9.59 Å². The molecule has 0 bridgehead atoms. The first-order valence-corrected chi connectivity index (χ1v) is 8.67. The second-order valence-corrected chi connectivity index (χ2v) is 7.73. The van der Waals surface area contributed by atoms with Crippen LogP contribution in [0.4, 0.5) is 4.79 Å². The Balaban J connectivity index is 1.95. The van der Waals surface area contributed by atoms with Crippen LogP contribution in [0.5, 0.6) is 0 Å². The number of nitrogens with zero attached hydrogens (tertiary/aromatic N) is 2. The monoisotopic (exact) mass is 340 g/mol. The Morgan fingerprint density at radius 2 is 1.50 bits per heavy atom. The normalized spacial score (nSPS) is 25.3. The summed E-state index contributed by atoms with van der Waals surface area (Å²) in [4.78, 5) is 39.3. The first-order valence-electron chi connectivity index (χ1n) is 8.67. The van der Waals surface area contributed by atoms with Crippen LogP contribution in [-0.4, -0.2) is 64.7 Å². The maximum atomic E-state index is 12.7. The first kappa shape index (κ1) is 18.5. The molecule has 2 atom stereocenters. The second kappa shape index (κ2) is 7.40. The molecule has 2 amide bonds. The number of carbonyl (C=O) groups excluding carboxylic acids is 2. The summed E-state index contributed by atoms with van der Waals surface area (Å²) in [6.07, 6.45) is 2.43. The zero-order chi connectivity index (χ0) is 17.9. The topological polar surface area (TPSA) is 87.2 Å². The van der Waals surface area contributed by atoms with Crippen molar-refractivity contribution in [3.8, 4) is 0 Å². The minimum Gasteiger partial charge on any atom is -0.481 e. The van der Waals surface area contributed by atoms with Crippen LogP contribution in [0.2, 0.25) is 0 Å². The van der Waals surface area contributed by atoms with Gasteiger partial charge in [-0.05, 0) is 46.5 Å². The molecule has 2 fully saturated rings. The molecular weight excluding hydrogens is 312 g/mol. The van der Waals surface area contributed by atoms with Gasteiger partial charge in [0.1, 0.15) is 5.60 Å². The Bertz CT molecular complexity index is 500. The maximum absolute atomic E-state index is 12.7. The summed E-state index contributed by atoms with van der Waals surface area (Å²) in [6, 6.07) is 0. The van der Waals surface area contributed by atoms with Crippen molar-refractivity contribution in [2.24, 2.45) is 11.8 Å². The van der Waals surface area contributed by atoms with E-state index in [1.54, 1.807) is 9.80 Å². The van der Waals surface area contributed by atoms with E-state index in [1.165, 1.54) is 0 Å². The van der Waals surface area contributed by atoms with Gasteiger partial charge < -0.3 is 19.6 Å². The zero-order valence-corrected chi connectivity index (χ0v) is 14.8. The van der Waals surface area contributed by atoms with Gasteiger partial charge in [0, 0.05) is 26.2 Å². The number of ether oxygens (including phenoxy) is 1. The Hall–Kier alpha value is -1.79. The van der Waals surface area contributed by atoms with Crippen LogP contribution in [0.15, 0.2) is 0 Å². The second-order valence-electron chi connectivity index (χ2n) is 7.73. The molecule has 24 heavy (non-hydrogen) atoms. The average molecular weight is 340 g/mol. The number of carboxylic acid groups (broad SMARTS) is 1. The highest BCUT2D eigenvalue weighted by Crippen LogP contribution is 2.24. The number of piperidine rings is 2. The van der Waals surface area contributed by atoms with Crippen molar-refractivity contribution >= 4 is 18.0 Å².